The molecule has 0 saturated carbocycles. The van der Waals surface area contributed by atoms with E-state index < -0.39 is 12.0 Å². The second-order valence-corrected chi connectivity index (χ2v) is 9.96. The highest BCUT2D eigenvalue weighted by Crippen LogP contribution is 2.35. The van der Waals surface area contributed by atoms with Crippen LogP contribution in [0.1, 0.15) is 29.7 Å². The van der Waals surface area contributed by atoms with E-state index in [1.807, 2.05) is 60.7 Å². The summed E-state index contributed by atoms with van der Waals surface area (Å²) in [6, 6.07) is 23.2. The molecule has 0 bridgehead atoms. The van der Waals surface area contributed by atoms with E-state index in [9.17, 15) is 9.59 Å². The van der Waals surface area contributed by atoms with Crippen molar-refractivity contribution in [3.05, 3.63) is 126 Å². The van der Waals surface area contributed by atoms with E-state index in [0.29, 0.717) is 36.9 Å². The number of hydrogen-bond acceptors (Lipinski definition) is 6. The molecule has 5 rings (SSSR count). The van der Waals surface area contributed by atoms with Crippen molar-refractivity contribution in [3.8, 4) is 18.1 Å². The molecule has 1 atom stereocenters. The Balaban J connectivity index is 1.80. The largest absolute Gasteiger partial charge is 0.480 e. The van der Waals surface area contributed by atoms with Gasteiger partial charge in [-0.25, -0.2) is 9.79 Å². The molecule has 4 aromatic rings. The van der Waals surface area contributed by atoms with Crippen molar-refractivity contribution in [1.82, 2.24) is 4.57 Å². The molecule has 1 aromatic heterocycles. The normalized spacial score (nSPS) is 14.8. The number of terminal acetylenes is 1. The first-order valence-corrected chi connectivity index (χ1v) is 13.4. The van der Waals surface area contributed by atoms with Gasteiger partial charge in [0, 0.05) is 16.1 Å². The number of nitrogens with zero attached hydrogens (tertiary/aromatic N) is 2. The zero-order valence-electron chi connectivity index (χ0n) is 21.0. The fourth-order valence-corrected chi connectivity index (χ4v) is 5.59. The molecule has 8 heteroatoms. The van der Waals surface area contributed by atoms with Gasteiger partial charge < -0.3 is 9.47 Å². The van der Waals surface area contributed by atoms with E-state index in [4.69, 9.17) is 32.5 Å². The lowest BCUT2D eigenvalue weighted by atomic mass is 9.93. The van der Waals surface area contributed by atoms with Crippen LogP contribution in [0.2, 0.25) is 5.02 Å². The number of thiazole rings is 1. The summed E-state index contributed by atoms with van der Waals surface area (Å²) in [5.74, 6) is 2.42. The first-order valence-electron chi connectivity index (χ1n) is 12.2. The van der Waals surface area contributed by atoms with E-state index in [2.05, 4.69) is 5.92 Å². The molecule has 0 spiro atoms. The summed E-state index contributed by atoms with van der Waals surface area (Å²) in [4.78, 5) is 32.7. The van der Waals surface area contributed by atoms with Crippen LogP contribution in [-0.4, -0.2) is 23.8 Å². The van der Waals surface area contributed by atoms with Gasteiger partial charge in [-0.05, 0) is 36.8 Å². The van der Waals surface area contributed by atoms with Gasteiger partial charge in [-0.15, -0.1) is 6.42 Å². The maximum absolute atomic E-state index is 14.0. The van der Waals surface area contributed by atoms with Crippen molar-refractivity contribution in [1.29, 1.82) is 0 Å². The molecular formula is C31H23ClN2O4S. The van der Waals surface area contributed by atoms with E-state index in [-0.39, 0.29) is 18.8 Å². The van der Waals surface area contributed by atoms with Gasteiger partial charge >= 0.3 is 5.97 Å². The Morgan fingerprint density at radius 3 is 2.54 bits per heavy atom. The fraction of sp³-hybridized carbons (Fsp3) is 0.129. The lowest BCUT2D eigenvalue weighted by Gasteiger charge is -2.25. The van der Waals surface area contributed by atoms with Crippen LogP contribution in [0.3, 0.4) is 0 Å². The van der Waals surface area contributed by atoms with Crippen molar-refractivity contribution in [2.75, 3.05) is 13.2 Å². The first kappa shape index (κ1) is 26.2. The third kappa shape index (κ3) is 5.30. The number of halogens is 1. The molecule has 0 amide bonds. The van der Waals surface area contributed by atoms with Crippen molar-refractivity contribution < 1.29 is 14.3 Å². The summed E-state index contributed by atoms with van der Waals surface area (Å²) in [6.45, 7) is 2.00. The third-order valence-corrected chi connectivity index (χ3v) is 7.28. The second-order valence-electron chi connectivity index (χ2n) is 8.52. The number of carbonyl (C=O) groups is 1. The van der Waals surface area contributed by atoms with Gasteiger partial charge in [-0.2, -0.15) is 0 Å². The Kier molecular flexibility index (Phi) is 7.78. The third-order valence-electron chi connectivity index (χ3n) is 6.06. The average molecular weight is 555 g/mol. The van der Waals surface area contributed by atoms with E-state index in [0.717, 1.165) is 11.1 Å². The minimum absolute atomic E-state index is 0.0705. The molecule has 1 aliphatic heterocycles. The van der Waals surface area contributed by atoms with Gasteiger partial charge in [0.1, 0.15) is 12.4 Å². The van der Waals surface area contributed by atoms with E-state index >= 15 is 0 Å². The van der Waals surface area contributed by atoms with Crippen LogP contribution in [0.5, 0.6) is 5.75 Å². The van der Waals surface area contributed by atoms with Crippen molar-refractivity contribution >= 4 is 40.7 Å². The van der Waals surface area contributed by atoms with Crippen LogP contribution in [0.15, 0.2) is 94.2 Å². The molecule has 0 N–H and O–H groups in total. The summed E-state index contributed by atoms with van der Waals surface area (Å²) < 4.78 is 13.1. The first-order chi connectivity index (χ1) is 19.0. The number of carbonyl (C=O) groups excluding carboxylic acids is 1. The predicted octanol–water partition coefficient (Wildman–Crippen LogP) is 4.60. The van der Waals surface area contributed by atoms with Crippen molar-refractivity contribution in [2.24, 2.45) is 4.99 Å². The standard InChI is InChI=1S/C31H23ClN2O4S/c1-3-17-38-24-16-15-23(32)18-22(24)19-25-29(35)34-28(21-13-9-6-10-14-21)26(30(36)37-4-2)27(33-31(34)39-25)20-11-7-5-8-12-20/h1,5-16,18-19,28H,4,17H2,2H3/b25-19-/t28-/m0/s1. The van der Waals surface area contributed by atoms with Crippen LogP contribution in [0.4, 0.5) is 0 Å². The summed E-state index contributed by atoms with van der Waals surface area (Å²) in [5, 5.41) is 0.486. The minimum Gasteiger partial charge on any atom is -0.480 e. The summed E-state index contributed by atoms with van der Waals surface area (Å²) >= 11 is 7.48. The smallest absolute Gasteiger partial charge is 0.338 e. The predicted molar refractivity (Wildman–Crippen MR) is 153 cm³/mol. The van der Waals surface area contributed by atoms with E-state index in [1.165, 1.54) is 11.3 Å². The number of esters is 1. The molecule has 2 heterocycles. The molecule has 0 unspecified atom stereocenters. The molecular weight excluding hydrogens is 532 g/mol. The zero-order chi connectivity index (χ0) is 27.4. The van der Waals surface area contributed by atoms with Crippen LogP contribution in [0, 0.1) is 12.3 Å². The Labute approximate surface area is 234 Å². The minimum atomic E-state index is -0.740. The number of fused-ring (bicyclic) bond motifs is 1. The number of hydrogen-bond donors (Lipinski definition) is 0. The summed E-state index contributed by atoms with van der Waals surface area (Å²) in [5.41, 5.74) is 2.58. The topological polar surface area (TPSA) is 69.9 Å². The van der Waals surface area contributed by atoms with Crippen LogP contribution >= 0.6 is 22.9 Å². The Hall–Kier alpha value is -4.38. The molecule has 0 radical (unpaired) electrons. The molecule has 3 aromatic carbocycles. The van der Waals surface area contributed by atoms with Gasteiger partial charge in [-0.3, -0.25) is 9.36 Å². The quantitative estimate of drug-likeness (QED) is 0.247. The van der Waals surface area contributed by atoms with Gasteiger partial charge in [0.15, 0.2) is 4.80 Å². The zero-order valence-corrected chi connectivity index (χ0v) is 22.5. The van der Waals surface area contributed by atoms with Crippen molar-refractivity contribution in [2.45, 2.75) is 13.0 Å². The Morgan fingerprint density at radius 2 is 1.85 bits per heavy atom. The Bertz CT molecular complexity index is 1780. The number of benzene rings is 3. The average Bonchev–Trinajstić information content (AvgIpc) is 3.27. The van der Waals surface area contributed by atoms with Crippen LogP contribution in [0.25, 0.3) is 11.8 Å². The van der Waals surface area contributed by atoms with Crippen molar-refractivity contribution in [3.63, 3.8) is 0 Å². The molecule has 0 fully saturated rings. The molecule has 6 nitrogen and oxygen atoms in total. The molecule has 0 saturated heterocycles. The number of rotatable bonds is 7. The molecule has 1 aliphatic rings. The highest BCUT2D eigenvalue weighted by Gasteiger charge is 2.35. The molecule has 194 valence electrons. The van der Waals surface area contributed by atoms with Gasteiger partial charge in [-0.1, -0.05) is 89.5 Å². The molecule has 0 aliphatic carbocycles. The van der Waals surface area contributed by atoms with Gasteiger partial charge in [0.2, 0.25) is 0 Å². The monoisotopic (exact) mass is 554 g/mol. The summed E-state index contributed by atoms with van der Waals surface area (Å²) in [6.07, 6.45) is 7.08. The van der Waals surface area contributed by atoms with E-state index in [1.54, 1.807) is 35.8 Å². The number of ether oxygens (including phenoxy) is 2. The maximum atomic E-state index is 14.0. The lowest BCUT2D eigenvalue weighted by Crippen LogP contribution is -2.40. The Morgan fingerprint density at radius 1 is 1.13 bits per heavy atom. The molecule has 39 heavy (non-hydrogen) atoms. The van der Waals surface area contributed by atoms with Crippen LogP contribution in [-0.2, 0) is 9.53 Å². The summed E-state index contributed by atoms with van der Waals surface area (Å²) in [7, 11) is 0. The highest BCUT2D eigenvalue weighted by atomic mass is 35.5. The van der Waals surface area contributed by atoms with Gasteiger partial charge in [0.05, 0.1) is 28.5 Å². The maximum Gasteiger partial charge on any atom is 0.338 e. The van der Waals surface area contributed by atoms with Gasteiger partial charge in [0.25, 0.3) is 5.56 Å². The lowest BCUT2D eigenvalue weighted by molar-refractivity contribution is -0.138. The van der Waals surface area contributed by atoms with Crippen LogP contribution < -0.4 is 19.6 Å². The number of aromatic nitrogens is 1. The second kappa shape index (κ2) is 11.6. The fourth-order valence-electron chi connectivity index (χ4n) is 4.42. The highest BCUT2D eigenvalue weighted by molar-refractivity contribution is 7.07. The SMILES string of the molecule is C#CCOc1ccc(Cl)cc1/C=c1\sc2n(c1=O)[C@@H](c1ccccc1)C(C(=O)OCC)=C(c1ccccc1)N=2.